The number of nitrogens with two attached hydrogens (primary N) is 3. The van der Waals surface area contributed by atoms with Crippen LogP contribution in [0, 0.1) is 83.0 Å². The summed E-state index contributed by atoms with van der Waals surface area (Å²) in [5.41, 5.74) is 6.78. The van der Waals surface area contributed by atoms with Crippen LogP contribution in [-0.4, -0.2) is 89.9 Å². The monoisotopic (exact) mass is 834 g/mol. The SMILES string of the molecule is COC1CC2CCC(=O)C3(C#CC(CCC(O)C(CCC(C)C)CC4CC(N)[NH2+]CC4CC4=C[CH+]N=C4)C2CC1O)CCC(CCC1C[NH2+]C2CC(=O)CCC2C1)CC3O. The summed E-state index contributed by atoms with van der Waals surface area (Å²) in [5.74, 6) is 11.2. The van der Waals surface area contributed by atoms with Crippen molar-refractivity contribution in [1.29, 1.82) is 0 Å². The smallest absolute Gasteiger partial charge is 0.176 e. The van der Waals surface area contributed by atoms with Gasteiger partial charge in [0.15, 0.2) is 12.0 Å². The molecular weight excluding hydrogens is 753 g/mol. The average Bonchev–Trinajstić information content (AvgIpc) is 3.76. The van der Waals surface area contributed by atoms with Crippen LogP contribution in [0.15, 0.2) is 16.6 Å². The van der Waals surface area contributed by atoms with E-state index >= 15 is 0 Å². The van der Waals surface area contributed by atoms with Crippen molar-refractivity contribution in [3.05, 3.63) is 18.2 Å². The van der Waals surface area contributed by atoms with Crippen molar-refractivity contribution >= 4 is 17.8 Å². The second-order valence-electron chi connectivity index (χ2n) is 21.4. The van der Waals surface area contributed by atoms with E-state index in [4.69, 9.17) is 10.5 Å². The number of aliphatic imine (C=N–C) groups is 1. The summed E-state index contributed by atoms with van der Waals surface area (Å²) in [4.78, 5) is 30.7. The molecule has 2 saturated heterocycles. The molecule has 1 spiro atoms. The Hall–Kier alpha value is -2.10. The zero-order valence-electron chi connectivity index (χ0n) is 37.3. The summed E-state index contributed by atoms with van der Waals surface area (Å²) < 4.78 is 5.77. The van der Waals surface area contributed by atoms with Gasteiger partial charge in [-0.1, -0.05) is 32.1 Å². The van der Waals surface area contributed by atoms with E-state index in [1.54, 1.807) is 7.11 Å². The number of allylic oxidation sites excluding steroid dienone is 1. The topological polar surface area (TPSA) is 176 Å². The van der Waals surface area contributed by atoms with Gasteiger partial charge in [0.25, 0.3) is 0 Å². The van der Waals surface area contributed by atoms with E-state index in [2.05, 4.69) is 47.4 Å². The number of fused-ring (bicyclic) bond motifs is 2. The number of aliphatic hydroxyl groups excluding tert-OH is 3. The molecule has 3 saturated carbocycles. The molecule has 10 nitrogen and oxygen atoms in total. The third-order valence-electron chi connectivity index (χ3n) is 17.1. The highest BCUT2D eigenvalue weighted by Gasteiger charge is 2.50. The van der Waals surface area contributed by atoms with E-state index in [-0.39, 0.29) is 41.7 Å². The van der Waals surface area contributed by atoms with Gasteiger partial charge in [0.05, 0.1) is 56.0 Å². The first-order chi connectivity index (χ1) is 28.9. The highest BCUT2D eigenvalue weighted by molar-refractivity contribution is 5.89. The molecule has 16 atom stereocenters. The maximum Gasteiger partial charge on any atom is 0.176 e. The first kappa shape index (κ1) is 45.9. The molecule has 7 rings (SSSR count). The minimum atomic E-state index is -1.05. The normalized spacial score (nSPS) is 40.6. The molecule has 16 unspecified atom stereocenters. The van der Waals surface area contributed by atoms with Gasteiger partial charge in [0.1, 0.15) is 29.5 Å². The molecule has 5 fully saturated rings. The Labute approximate surface area is 361 Å². The van der Waals surface area contributed by atoms with Gasteiger partial charge >= 0.3 is 0 Å². The lowest BCUT2D eigenvalue weighted by molar-refractivity contribution is -0.711. The Morgan fingerprint density at radius 2 is 1.77 bits per heavy atom. The highest BCUT2D eigenvalue weighted by atomic mass is 16.5. The fourth-order valence-electron chi connectivity index (χ4n) is 13.2. The molecule has 0 aromatic carbocycles. The molecule has 334 valence electrons. The highest BCUT2D eigenvalue weighted by Crippen LogP contribution is 2.47. The number of nitrogens with zero attached hydrogens (tertiary/aromatic N) is 1. The van der Waals surface area contributed by atoms with Crippen LogP contribution in [0.2, 0.25) is 0 Å². The lowest BCUT2D eigenvalue weighted by atomic mass is 9.64. The number of carbonyl (C=O) groups excluding carboxylic acids is 2. The number of rotatable bonds is 15. The van der Waals surface area contributed by atoms with Crippen molar-refractivity contribution in [2.75, 3.05) is 20.2 Å². The predicted octanol–water partition coefficient (Wildman–Crippen LogP) is 4.25. The van der Waals surface area contributed by atoms with Gasteiger partial charge in [0, 0.05) is 56.5 Å². The van der Waals surface area contributed by atoms with E-state index in [1.165, 1.54) is 12.0 Å². The molecule has 7 aliphatic rings. The van der Waals surface area contributed by atoms with Crippen LogP contribution in [0.1, 0.15) is 142 Å². The molecule has 0 amide bonds. The second kappa shape index (κ2) is 21.1. The fourth-order valence-corrected chi connectivity index (χ4v) is 13.2. The third kappa shape index (κ3) is 11.3. The maximum absolute atomic E-state index is 14.4. The third-order valence-corrected chi connectivity index (χ3v) is 17.1. The van der Waals surface area contributed by atoms with Crippen molar-refractivity contribution in [2.45, 2.75) is 179 Å². The molecule has 3 heterocycles. The first-order valence-electron chi connectivity index (χ1n) is 24.5. The van der Waals surface area contributed by atoms with Crippen molar-refractivity contribution in [3.8, 4) is 11.8 Å². The summed E-state index contributed by atoms with van der Waals surface area (Å²) in [6.07, 6.45) is 18.8. The number of piperidine rings is 2. The van der Waals surface area contributed by atoms with Gasteiger partial charge in [-0.15, -0.1) is 4.99 Å². The van der Waals surface area contributed by atoms with Crippen molar-refractivity contribution < 1.29 is 40.3 Å². The van der Waals surface area contributed by atoms with Crippen LogP contribution in [-0.2, 0) is 14.3 Å². The van der Waals surface area contributed by atoms with Crippen LogP contribution in [0.3, 0.4) is 0 Å². The number of ether oxygens (including phenoxy) is 1. The zero-order valence-corrected chi connectivity index (χ0v) is 37.3. The molecule has 3 aliphatic heterocycles. The van der Waals surface area contributed by atoms with Crippen LogP contribution >= 0.6 is 0 Å². The number of methoxy groups -OCH3 is 1. The molecule has 4 aliphatic carbocycles. The summed E-state index contributed by atoms with van der Waals surface area (Å²) in [7, 11) is 1.67. The maximum atomic E-state index is 14.4. The largest absolute Gasteiger partial charge is 0.393 e. The molecule has 0 aromatic rings. The van der Waals surface area contributed by atoms with Crippen molar-refractivity contribution in [3.63, 3.8) is 0 Å². The number of carbonyl (C=O) groups is 2. The number of Topliss-reactive ketones (excluding diaryl/α,β-unsaturated/α-hetero) is 2. The number of hydrogen-bond acceptors (Lipinski definition) is 8. The lowest BCUT2D eigenvalue weighted by Crippen LogP contribution is -2.96. The van der Waals surface area contributed by atoms with Crippen LogP contribution in [0.5, 0.6) is 0 Å². The molecule has 60 heavy (non-hydrogen) atoms. The van der Waals surface area contributed by atoms with Crippen LogP contribution in [0.25, 0.3) is 0 Å². The van der Waals surface area contributed by atoms with Crippen LogP contribution in [0.4, 0.5) is 0 Å². The van der Waals surface area contributed by atoms with Gasteiger partial charge < -0.3 is 30.7 Å². The Morgan fingerprint density at radius 1 is 0.950 bits per heavy atom. The van der Waals surface area contributed by atoms with Gasteiger partial charge in [-0.2, -0.15) is 0 Å². The number of aliphatic hydroxyl groups is 3. The Balaban J connectivity index is 1.04. The van der Waals surface area contributed by atoms with Crippen LogP contribution < -0.4 is 16.4 Å². The Morgan fingerprint density at radius 3 is 2.53 bits per heavy atom. The van der Waals surface area contributed by atoms with E-state index in [0.29, 0.717) is 98.7 Å². The number of hydrogen-bond donors (Lipinski definition) is 6. The Bertz CT molecular complexity index is 1570. The zero-order chi connectivity index (χ0) is 42.4. The molecule has 10 heteroatoms. The van der Waals surface area contributed by atoms with Crippen molar-refractivity contribution in [1.82, 2.24) is 0 Å². The standard InChI is InChI=1S/C50H79N4O6/c1-31(2)4-7-38(23-39-25-49(51)54-30-40(39)21-34-16-19-52-28-34)44(56)12-9-35-15-18-50(47(58)13-10-36-24-46(60-3)45(57)27-42(35)36)17-14-32(22-48(50)59)5-6-33-20-37-8-11-41(55)26-43(37)53-29-33/h16,19,28,31-33,35-40,42-46,48-49,53-54,56-57,59H,4-14,17,20-27,29-30,51H2,1-3H3/q+1/p+2. The van der Waals surface area contributed by atoms with E-state index < -0.39 is 23.7 Å². The van der Waals surface area contributed by atoms with Gasteiger partial charge in [-0.3, -0.25) is 15.3 Å². The summed E-state index contributed by atoms with van der Waals surface area (Å²) in [5, 5.41) is 40.2. The fraction of sp³-hybridized carbons (Fsp3) is 0.840. The first-order valence-corrected chi connectivity index (χ1v) is 24.5. The van der Waals surface area contributed by atoms with E-state index in [1.807, 2.05) is 12.8 Å². The van der Waals surface area contributed by atoms with Gasteiger partial charge in [-0.05, 0) is 125 Å². The molecule has 0 bridgehead atoms. The van der Waals surface area contributed by atoms with E-state index in [9.17, 15) is 24.9 Å². The lowest BCUT2D eigenvalue weighted by Gasteiger charge is -2.41. The molecule has 0 aromatic heterocycles. The minimum Gasteiger partial charge on any atom is -0.393 e. The summed E-state index contributed by atoms with van der Waals surface area (Å²) >= 11 is 0. The number of ketones is 2. The quantitative estimate of drug-likeness (QED) is 0.106. The van der Waals surface area contributed by atoms with Gasteiger partial charge in [-0.25, -0.2) is 0 Å². The molecule has 0 radical (unpaired) electrons. The number of quaternary nitrogens is 2. The second-order valence-corrected chi connectivity index (χ2v) is 21.4. The molecular formula is C50H81N4O6+3. The summed E-state index contributed by atoms with van der Waals surface area (Å²) in [6.45, 7) is 8.49. The minimum absolute atomic E-state index is 0.0843. The average molecular weight is 834 g/mol. The summed E-state index contributed by atoms with van der Waals surface area (Å²) in [6, 6.07) is 0.477. The van der Waals surface area contributed by atoms with Gasteiger partial charge in [0.2, 0.25) is 0 Å². The molecule has 9 N–H and O–H groups in total. The predicted molar refractivity (Wildman–Crippen MR) is 234 cm³/mol. The Kier molecular flexibility index (Phi) is 16.1. The van der Waals surface area contributed by atoms with Crippen molar-refractivity contribution in [2.24, 2.45) is 75.3 Å². The van der Waals surface area contributed by atoms with E-state index in [0.717, 1.165) is 83.7 Å².